The van der Waals surface area contributed by atoms with Crippen LogP contribution < -0.4 is 25.8 Å². The van der Waals surface area contributed by atoms with Crippen molar-refractivity contribution in [2.45, 2.75) is 96.8 Å². The van der Waals surface area contributed by atoms with Crippen molar-refractivity contribution in [3.8, 4) is 28.7 Å². The van der Waals surface area contributed by atoms with Gasteiger partial charge in [-0.1, -0.05) is 0 Å². The molecule has 1 aliphatic rings. The van der Waals surface area contributed by atoms with Crippen molar-refractivity contribution < 1.29 is 63.4 Å². The molecule has 2 aromatic rings. The number of urea groups is 1. The second-order valence-electron chi connectivity index (χ2n) is 17.9. The van der Waals surface area contributed by atoms with Gasteiger partial charge in [0.15, 0.2) is 23.0 Å². The molecule has 8 N–H and O–H groups in total. The third-order valence-electron chi connectivity index (χ3n) is 10.6. The molecular formula is C45H72N6O13. The SMILES string of the molecule is COC[C@@H]1[C@H](NC(=O)NCCCN(O)CCCN(CCCCN(CCCN)C(=O)OC(C)(C)C)C(=O)OC(C)(C)C)c2cc(O)c(O)cc2C(c2cc(OC)c(O)c(OC)c2)[C@H]1C=O. The molecule has 1 aliphatic carbocycles. The van der Waals surface area contributed by atoms with E-state index in [0.717, 1.165) is 11.3 Å². The molecule has 0 aromatic heterocycles. The molecule has 360 valence electrons. The van der Waals surface area contributed by atoms with Crippen molar-refractivity contribution in [1.82, 2.24) is 25.5 Å². The summed E-state index contributed by atoms with van der Waals surface area (Å²) in [6.45, 7) is 13.5. The number of aromatic hydroxyl groups is 3. The Balaban J connectivity index is 1.62. The van der Waals surface area contributed by atoms with Crippen LogP contribution in [0.3, 0.4) is 0 Å². The average molecular weight is 905 g/mol. The Labute approximate surface area is 377 Å². The minimum atomic E-state index is -0.851. The quantitative estimate of drug-likeness (QED) is 0.0316. The molecule has 0 radical (unpaired) electrons. The molecule has 0 spiro atoms. The first kappa shape index (κ1) is 53.1. The lowest BCUT2D eigenvalue weighted by Crippen LogP contribution is -2.48. The van der Waals surface area contributed by atoms with Gasteiger partial charge in [0.25, 0.3) is 0 Å². The van der Waals surface area contributed by atoms with E-state index in [9.17, 15) is 39.7 Å². The number of phenols is 3. The first-order valence-electron chi connectivity index (χ1n) is 21.8. The Kier molecular flexibility index (Phi) is 20.5. The molecule has 3 rings (SSSR count). The molecule has 19 nitrogen and oxygen atoms in total. The number of ether oxygens (including phenoxy) is 5. The van der Waals surface area contributed by atoms with E-state index in [1.165, 1.54) is 33.5 Å². The van der Waals surface area contributed by atoms with Gasteiger partial charge in [-0.25, -0.2) is 14.4 Å². The van der Waals surface area contributed by atoms with E-state index in [2.05, 4.69) is 10.6 Å². The number of hydrogen-bond acceptors (Lipinski definition) is 15. The molecule has 0 heterocycles. The number of carbonyl (C=O) groups excluding carboxylic acids is 4. The van der Waals surface area contributed by atoms with Gasteiger partial charge < -0.3 is 75.2 Å². The number of phenolic OH excluding ortho intramolecular Hbond substituents is 3. The van der Waals surface area contributed by atoms with E-state index in [0.29, 0.717) is 81.5 Å². The highest BCUT2D eigenvalue weighted by Crippen LogP contribution is 2.52. The summed E-state index contributed by atoms with van der Waals surface area (Å²) in [6.07, 6.45) is 2.51. The van der Waals surface area contributed by atoms with Crippen molar-refractivity contribution in [3.05, 3.63) is 41.0 Å². The van der Waals surface area contributed by atoms with E-state index < -0.39 is 64.7 Å². The maximum absolute atomic E-state index is 13.4. The Bertz CT molecular complexity index is 1810. The van der Waals surface area contributed by atoms with Crippen molar-refractivity contribution in [2.24, 2.45) is 17.6 Å². The van der Waals surface area contributed by atoms with Crippen molar-refractivity contribution in [3.63, 3.8) is 0 Å². The third-order valence-corrected chi connectivity index (χ3v) is 10.6. The molecule has 4 amide bonds. The predicted molar refractivity (Wildman–Crippen MR) is 238 cm³/mol. The van der Waals surface area contributed by atoms with Gasteiger partial charge in [-0.15, -0.1) is 0 Å². The van der Waals surface area contributed by atoms with Gasteiger partial charge in [0, 0.05) is 70.7 Å². The van der Waals surface area contributed by atoms with Crippen LogP contribution in [0.2, 0.25) is 0 Å². The molecular weight excluding hydrogens is 833 g/mol. The lowest BCUT2D eigenvalue weighted by molar-refractivity contribution is -0.114. The highest BCUT2D eigenvalue weighted by atomic mass is 16.6. The summed E-state index contributed by atoms with van der Waals surface area (Å²) in [4.78, 5) is 55.5. The molecule has 4 atom stereocenters. The normalized spacial score (nSPS) is 17.2. The number of nitrogens with two attached hydrogens (primary N) is 1. The lowest BCUT2D eigenvalue weighted by Gasteiger charge is -2.42. The van der Waals surface area contributed by atoms with Gasteiger partial charge in [-0.2, -0.15) is 5.06 Å². The Morgan fingerprint density at radius 2 is 1.23 bits per heavy atom. The summed E-state index contributed by atoms with van der Waals surface area (Å²) in [6, 6.07) is 4.40. The van der Waals surface area contributed by atoms with Gasteiger partial charge in [0.2, 0.25) is 5.75 Å². The minimum absolute atomic E-state index is 0.0328. The molecule has 1 unspecified atom stereocenters. The number of hydroxylamine groups is 2. The summed E-state index contributed by atoms with van der Waals surface area (Å²) in [5.74, 6) is -3.10. The standard InChI is InChI=1S/C45H72N6O13/c1-44(2,3)63-42(57)49(19-12-15-46)17-10-11-18-50(43(58)64-45(4,5)6)20-14-22-51(59)21-13-16-47-41(56)48-39-31-26-35(54)34(53)25-30(31)38(32(27-52)33(39)28-60-7)29-23-36(61-8)40(55)37(24-29)62-9/h23-27,32-33,38-39,53-55,59H,10-22,28,46H2,1-9H3,(H2,47,48,56)/t32-,33-,38?,39+/m0/s1. The summed E-state index contributed by atoms with van der Waals surface area (Å²) in [5.41, 5.74) is 5.75. The Hall–Kier alpha value is -5.24. The fourth-order valence-electron chi connectivity index (χ4n) is 7.66. The average Bonchev–Trinajstić information content (AvgIpc) is 3.21. The van der Waals surface area contributed by atoms with Crippen LogP contribution >= 0.6 is 0 Å². The van der Waals surface area contributed by atoms with Crippen LogP contribution in [0.5, 0.6) is 28.7 Å². The van der Waals surface area contributed by atoms with Crippen molar-refractivity contribution in [1.29, 1.82) is 0 Å². The monoisotopic (exact) mass is 905 g/mol. The number of hydrogen-bond donors (Lipinski definition) is 7. The second-order valence-corrected chi connectivity index (χ2v) is 17.9. The van der Waals surface area contributed by atoms with Crippen LogP contribution in [0.15, 0.2) is 24.3 Å². The van der Waals surface area contributed by atoms with Gasteiger partial charge >= 0.3 is 18.2 Å². The largest absolute Gasteiger partial charge is 0.504 e. The first-order chi connectivity index (χ1) is 30.2. The molecule has 64 heavy (non-hydrogen) atoms. The maximum Gasteiger partial charge on any atom is 0.410 e. The minimum Gasteiger partial charge on any atom is -0.504 e. The summed E-state index contributed by atoms with van der Waals surface area (Å²) in [7, 11) is 4.22. The maximum atomic E-state index is 13.4. The van der Waals surface area contributed by atoms with Crippen LogP contribution in [0.1, 0.15) is 102 Å². The van der Waals surface area contributed by atoms with Gasteiger partial charge in [-0.3, -0.25) is 0 Å². The van der Waals surface area contributed by atoms with E-state index in [1.54, 1.807) is 42.7 Å². The van der Waals surface area contributed by atoms with E-state index in [4.69, 9.17) is 29.4 Å². The summed E-state index contributed by atoms with van der Waals surface area (Å²) >= 11 is 0. The van der Waals surface area contributed by atoms with Crippen LogP contribution in [-0.4, -0.2) is 151 Å². The van der Waals surface area contributed by atoms with E-state index in [1.807, 2.05) is 20.8 Å². The summed E-state index contributed by atoms with van der Waals surface area (Å²) < 4.78 is 27.5. The molecule has 0 saturated heterocycles. The zero-order valence-corrected chi connectivity index (χ0v) is 39.0. The summed E-state index contributed by atoms with van der Waals surface area (Å²) in [5, 5.41) is 49.4. The van der Waals surface area contributed by atoms with Crippen LogP contribution in [0, 0.1) is 11.8 Å². The fourth-order valence-corrected chi connectivity index (χ4v) is 7.66. The zero-order chi connectivity index (χ0) is 47.8. The number of nitrogens with zero attached hydrogens (tertiary/aromatic N) is 3. The number of amides is 4. The van der Waals surface area contributed by atoms with Crippen LogP contribution in [0.4, 0.5) is 14.4 Å². The van der Waals surface area contributed by atoms with Gasteiger partial charge in [0.1, 0.15) is 17.5 Å². The number of carbonyl (C=O) groups is 4. The smallest absolute Gasteiger partial charge is 0.410 e. The molecule has 2 aromatic carbocycles. The van der Waals surface area contributed by atoms with Gasteiger partial charge in [-0.05, 0) is 121 Å². The first-order valence-corrected chi connectivity index (χ1v) is 21.8. The van der Waals surface area contributed by atoms with E-state index in [-0.39, 0.29) is 43.5 Å². The number of aldehydes is 1. The molecule has 19 heteroatoms. The third kappa shape index (κ3) is 15.8. The molecule has 0 fully saturated rings. The number of rotatable bonds is 23. The Morgan fingerprint density at radius 1 is 0.734 bits per heavy atom. The number of nitrogens with one attached hydrogen (secondary N) is 2. The van der Waals surface area contributed by atoms with Gasteiger partial charge in [0.05, 0.1) is 26.9 Å². The molecule has 0 saturated carbocycles. The van der Waals surface area contributed by atoms with Crippen LogP contribution in [-0.2, 0) is 19.0 Å². The lowest BCUT2D eigenvalue weighted by atomic mass is 9.65. The van der Waals surface area contributed by atoms with Crippen LogP contribution in [0.25, 0.3) is 0 Å². The number of unbranched alkanes of at least 4 members (excludes halogenated alkanes) is 1. The number of benzene rings is 2. The number of fused-ring (bicyclic) bond motifs is 1. The van der Waals surface area contributed by atoms with Crippen molar-refractivity contribution in [2.75, 3.05) is 80.3 Å². The fraction of sp³-hybridized carbons (Fsp3) is 0.644. The molecule has 0 aliphatic heterocycles. The second kappa shape index (κ2) is 24.7. The Morgan fingerprint density at radius 3 is 1.72 bits per heavy atom. The highest BCUT2D eigenvalue weighted by molar-refractivity contribution is 5.75. The topological polar surface area (TPSA) is 255 Å². The highest BCUT2D eigenvalue weighted by Gasteiger charge is 2.45. The zero-order valence-electron chi connectivity index (χ0n) is 39.0. The predicted octanol–water partition coefficient (Wildman–Crippen LogP) is 5.46. The number of methoxy groups -OCH3 is 3. The molecule has 0 bridgehead atoms. The van der Waals surface area contributed by atoms with Crippen molar-refractivity contribution >= 4 is 24.5 Å². The van der Waals surface area contributed by atoms with E-state index >= 15 is 0 Å².